The SMILES string of the molecule is CCCOc1cccc2cc(CCl)c(Cl)nc12. The molecule has 0 aliphatic heterocycles. The average Bonchev–Trinajstić information content (AvgIpc) is 2.35. The van der Waals surface area contributed by atoms with Crippen LogP contribution in [0, 0.1) is 0 Å². The van der Waals surface area contributed by atoms with E-state index in [-0.39, 0.29) is 0 Å². The van der Waals surface area contributed by atoms with Crippen LogP contribution >= 0.6 is 23.2 Å². The molecule has 0 aliphatic rings. The van der Waals surface area contributed by atoms with E-state index >= 15 is 0 Å². The molecule has 0 saturated heterocycles. The van der Waals surface area contributed by atoms with Crippen LogP contribution in [0.3, 0.4) is 0 Å². The second-order valence-corrected chi connectivity index (χ2v) is 4.37. The lowest BCUT2D eigenvalue weighted by molar-refractivity contribution is 0.320. The third-order valence-corrected chi connectivity index (χ3v) is 3.06. The monoisotopic (exact) mass is 269 g/mol. The topological polar surface area (TPSA) is 22.1 Å². The molecule has 0 spiro atoms. The van der Waals surface area contributed by atoms with E-state index < -0.39 is 0 Å². The molecule has 1 aromatic heterocycles. The third kappa shape index (κ3) is 2.64. The lowest BCUT2D eigenvalue weighted by Crippen LogP contribution is -1.97. The van der Waals surface area contributed by atoms with Gasteiger partial charge in [-0.15, -0.1) is 11.6 Å². The van der Waals surface area contributed by atoms with Gasteiger partial charge in [0.05, 0.1) is 12.5 Å². The molecule has 0 atom stereocenters. The van der Waals surface area contributed by atoms with Crippen LogP contribution in [0.15, 0.2) is 24.3 Å². The molecule has 2 aromatic rings. The van der Waals surface area contributed by atoms with Gasteiger partial charge in [0.2, 0.25) is 0 Å². The summed E-state index contributed by atoms with van der Waals surface area (Å²) in [6, 6.07) is 7.78. The van der Waals surface area contributed by atoms with E-state index in [2.05, 4.69) is 11.9 Å². The number of aromatic nitrogens is 1. The fraction of sp³-hybridized carbons (Fsp3) is 0.308. The Bertz CT molecular complexity index is 528. The minimum absolute atomic E-state index is 0.363. The van der Waals surface area contributed by atoms with Gasteiger partial charge in [-0.1, -0.05) is 30.7 Å². The minimum atomic E-state index is 0.363. The number of pyridine rings is 1. The van der Waals surface area contributed by atoms with Crippen molar-refractivity contribution in [1.29, 1.82) is 0 Å². The number of rotatable bonds is 4. The molecule has 0 unspecified atom stereocenters. The van der Waals surface area contributed by atoms with Gasteiger partial charge < -0.3 is 4.74 Å². The molecule has 1 aromatic carbocycles. The Kier molecular flexibility index (Phi) is 4.08. The highest BCUT2D eigenvalue weighted by atomic mass is 35.5. The zero-order valence-corrected chi connectivity index (χ0v) is 11.1. The first kappa shape index (κ1) is 12.5. The van der Waals surface area contributed by atoms with Crippen molar-refractivity contribution in [3.63, 3.8) is 0 Å². The van der Waals surface area contributed by atoms with Crippen LogP contribution in [0.5, 0.6) is 5.75 Å². The lowest BCUT2D eigenvalue weighted by atomic mass is 10.1. The van der Waals surface area contributed by atoms with Gasteiger partial charge in [0.1, 0.15) is 16.4 Å². The summed E-state index contributed by atoms with van der Waals surface area (Å²) >= 11 is 11.9. The standard InChI is InChI=1S/C13H13Cl2NO/c1-2-6-17-11-5-3-4-9-7-10(8-14)13(15)16-12(9)11/h3-5,7H,2,6,8H2,1H3. The fourth-order valence-electron chi connectivity index (χ4n) is 1.61. The van der Waals surface area contributed by atoms with Crippen LogP contribution in [0.4, 0.5) is 0 Å². The van der Waals surface area contributed by atoms with Gasteiger partial charge in [-0.2, -0.15) is 0 Å². The Morgan fingerprint density at radius 3 is 2.88 bits per heavy atom. The number of benzene rings is 1. The van der Waals surface area contributed by atoms with Crippen molar-refractivity contribution in [2.45, 2.75) is 19.2 Å². The maximum absolute atomic E-state index is 6.06. The molecule has 17 heavy (non-hydrogen) atoms. The molecule has 4 heteroatoms. The van der Waals surface area contributed by atoms with Crippen LogP contribution in [0.2, 0.25) is 5.15 Å². The number of hydrogen-bond acceptors (Lipinski definition) is 2. The van der Waals surface area contributed by atoms with Crippen LogP contribution in [-0.4, -0.2) is 11.6 Å². The quantitative estimate of drug-likeness (QED) is 0.606. The highest BCUT2D eigenvalue weighted by Gasteiger charge is 2.08. The van der Waals surface area contributed by atoms with Crippen molar-refractivity contribution < 1.29 is 4.74 Å². The summed E-state index contributed by atoms with van der Waals surface area (Å²) < 4.78 is 5.64. The molecule has 2 nitrogen and oxygen atoms in total. The number of nitrogens with zero attached hydrogens (tertiary/aromatic N) is 1. The summed E-state index contributed by atoms with van der Waals surface area (Å²) in [5.74, 6) is 1.13. The molecule has 0 aliphatic carbocycles. The predicted octanol–water partition coefficient (Wildman–Crippen LogP) is 4.42. The Morgan fingerprint density at radius 2 is 2.18 bits per heavy atom. The van der Waals surface area contributed by atoms with Crippen LogP contribution < -0.4 is 4.74 Å². The second-order valence-electron chi connectivity index (χ2n) is 3.75. The van der Waals surface area contributed by atoms with E-state index in [9.17, 15) is 0 Å². The summed E-state index contributed by atoms with van der Waals surface area (Å²) in [5.41, 5.74) is 1.63. The Balaban J connectivity index is 2.52. The van der Waals surface area contributed by atoms with Gasteiger partial charge in [-0.05, 0) is 18.6 Å². The van der Waals surface area contributed by atoms with Crippen molar-refractivity contribution >= 4 is 34.1 Å². The number of para-hydroxylation sites is 1. The molecular formula is C13H13Cl2NO. The van der Waals surface area contributed by atoms with Gasteiger partial charge in [0, 0.05) is 10.9 Å². The van der Waals surface area contributed by atoms with Crippen LogP contribution in [0.1, 0.15) is 18.9 Å². The zero-order valence-electron chi connectivity index (χ0n) is 9.54. The molecule has 0 amide bonds. The van der Waals surface area contributed by atoms with Crippen molar-refractivity contribution in [1.82, 2.24) is 4.98 Å². The first-order valence-electron chi connectivity index (χ1n) is 5.53. The Labute approximate surface area is 111 Å². The summed E-state index contributed by atoms with van der Waals surface area (Å²) in [6.07, 6.45) is 0.962. The normalized spacial score (nSPS) is 10.8. The largest absolute Gasteiger partial charge is 0.491 e. The second kappa shape index (κ2) is 5.56. The van der Waals surface area contributed by atoms with Crippen molar-refractivity contribution in [2.75, 3.05) is 6.61 Å². The highest BCUT2D eigenvalue weighted by Crippen LogP contribution is 2.28. The minimum Gasteiger partial charge on any atom is -0.491 e. The van der Waals surface area contributed by atoms with Crippen LogP contribution in [0.25, 0.3) is 10.9 Å². The van der Waals surface area contributed by atoms with Gasteiger partial charge in [0.25, 0.3) is 0 Å². The molecule has 0 N–H and O–H groups in total. The number of hydrogen-bond donors (Lipinski definition) is 0. The van der Waals surface area contributed by atoms with Crippen LogP contribution in [-0.2, 0) is 5.88 Å². The molecule has 0 bridgehead atoms. The van der Waals surface area contributed by atoms with Gasteiger partial charge >= 0.3 is 0 Å². The molecule has 0 fully saturated rings. The molecule has 1 heterocycles. The highest BCUT2D eigenvalue weighted by molar-refractivity contribution is 6.31. The average molecular weight is 270 g/mol. The van der Waals surface area contributed by atoms with E-state index in [0.29, 0.717) is 17.6 Å². The fourth-order valence-corrected chi connectivity index (χ4v) is 2.09. The summed E-state index contributed by atoms with van der Waals surface area (Å²) in [5, 5.41) is 1.44. The molecule has 90 valence electrons. The molecule has 2 rings (SSSR count). The van der Waals surface area contributed by atoms with E-state index in [1.165, 1.54) is 0 Å². The third-order valence-electron chi connectivity index (χ3n) is 2.44. The smallest absolute Gasteiger partial charge is 0.145 e. The van der Waals surface area contributed by atoms with E-state index in [1.807, 2.05) is 24.3 Å². The van der Waals surface area contributed by atoms with E-state index in [1.54, 1.807) is 0 Å². The number of alkyl halides is 1. The summed E-state index contributed by atoms with van der Waals surface area (Å²) in [4.78, 5) is 4.36. The van der Waals surface area contributed by atoms with Crippen molar-refractivity contribution in [2.24, 2.45) is 0 Å². The van der Waals surface area contributed by atoms with E-state index in [4.69, 9.17) is 27.9 Å². The maximum Gasteiger partial charge on any atom is 0.145 e. The number of fused-ring (bicyclic) bond motifs is 1. The number of ether oxygens (including phenoxy) is 1. The Hall–Kier alpha value is -0.990. The van der Waals surface area contributed by atoms with Gasteiger partial charge in [0.15, 0.2) is 0 Å². The van der Waals surface area contributed by atoms with Crippen molar-refractivity contribution in [3.8, 4) is 5.75 Å². The van der Waals surface area contributed by atoms with E-state index in [0.717, 1.165) is 28.6 Å². The predicted molar refractivity (Wildman–Crippen MR) is 72.1 cm³/mol. The summed E-state index contributed by atoms with van der Waals surface area (Å²) in [7, 11) is 0. The zero-order chi connectivity index (χ0) is 12.3. The number of halogens is 2. The lowest BCUT2D eigenvalue weighted by Gasteiger charge is -2.09. The van der Waals surface area contributed by atoms with Crippen molar-refractivity contribution in [3.05, 3.63) is 35.0 Å². The molecule has 0 radical (unpaired) electrons. The maximum atomic E-state index is 6.06. The van der Waals surface area contributed by atoms with Gasteiger partial charge in [-0.3, -0.25) is 0 Å². The molecule has 0 saturated carbocycles. The molecular weight excluding hydrogens is 257 g/mol. The Morgan fingerprint density at radius 1 is 1.35 bits per heavy atom. The van der Waals surface area contributed by atoms with Gasteiger partial charge in [-0.25, -0.2) is 4.98 Å². The summed E-state index contributed by atoms with van der Waals surface area (Å²) in [6.45, 7) is 2.74. The first-order valence-corrected chi connectivity index (χ1v) is 6.44. The first-order chi connectivity index (χ1) is 8.26.